The predicted molar refractivity (Wildman–Crippen MR) is 76.1 cm³/mol. The number of benzene rings is 1. The Morgan fingerprint density at radius 2 is 1.85 bits per heavy atom. The summed E-state index contributed by atoms with van der Waals surface area (Å²) in [5, 5.41) is 10.1. The van der Waals surface area contributed by atoms with Crippen molar-refractivity contribution >= 4 is 5.78 Å². The topological polar surface area (TPSA) is 65.0 Å². The van der Waals surface area contributed by atoms with E-state index in [1.165, 1.54) is 27.2 Å². The molecule has 0 atom stereocenters. The minimum Gasteiger partial charge on any atom is -0.502 e. The Kier molecular flexibility index (Phi) is 5.43. The first-order valence-corrected chi connectivity index (χ1v) is 6.17. The van der Waals surface area contributed by atoms with Crippen LogP contribution in [0.1, 0.15) is 31.1 Å². The van der Waals surface area contributed by atoms with Crippen molar-refractivity contribution in [2.45, 2.75) is 20.8 Å². The first-order valence-electron chi connectivity index (χ1n) is 6.17. The first-order chi connectivity index (χ1) is 9.42. The number of allylic oxidation sites excluding steroid dienone is 1. The number of aromatic hydroxyl groups is 1. The van der Waals surface area contributed by atoms with Crippen LogP contribution in [-0.4, -0.2) is 31.7 Å². The van der Waals surface area contributed by atoms with Crippen molar-refractivity contribution in [2.75, 3.05) is 20.8 Å². The summed E-state index contributed by atoms with van der Waals surface area (Å²) in [6.07, 6.45) is 1.87. The van der Waals surface area contributed by atoms with Crippen molar-refractivity contribution in [3.8, 4) is 23.0 Å². The molecule has 1 aromatic rings. The number of hydrogen-bond donors (Lipinski definition) is 1. The van der Waals surface area contributed by atoms with Crippen LogP contribution in [0.5, 0.6) is 23.0 Å². The minimum atomic E-state index is -0.259. The molecule has 0 aromatic heterocycles. The largest absolute Gasteiger partial charge is 0.502 e. The Labute approximate surface area is 118 Å². The molecule has 0 heterocycles. The fraction of sp³-hybridized carbons (Fsp3) is 0.400. The maximum absolute atomic E-state index is 11.7. The van der Waals surface area contributed by atoms with Gasteiger partial charge < -0.3 is 19.3 Å². The zero-order valence-corrected chi connectivity index (χ0v) is 12.4. The molecule has 0 unspecified atom stereocenters. The molecule has 1 rings (SSSR count). The predicted octanol–water partition coefficient (Wildman–Crippen LogP) is 2.96. The number of Topliss-reactive ketones (excluding diaryl/α,β-unsaturated/α-hetero) is 1. The number of phenols is 1. The average Bonchev–Trinajstić information content (AvgIpc) is 2.39. The van der Waals surface area contributed by atoms with E-state index in [2.05, 4.69) is 0 Å². The molecule has 0 spiro atoms. The van der Waals surface area contributed by atoms with Crippen LogP contribution in [0, 0.1) is 0 Å². The van der Waals surface area contributed by atoms with Crippen molar-refractivity contribution in [2.24, 2.45) is 0 Å². The van der Waals surface area contributed by atoms with Gasteiger partial charge in [0, 0.05) is 6.07 Å². The summed E-state index contributed by atoms with van der Waals surface area (Å²) in [7, 11) is 2.82. The monoisotopic (exact) mass is 280 g/mol. The second-order valence-corrected chi connectivity index (χ2v) is 4.48. The molecule has 0 aliphatic carbocycles. The highest BCUT2D eigenvalue weighted by Gasteiger charge is 2.23. The van der Waals surface area contributed by atoms with Crippen LogP contribution < -0.4 is 14.2 Å². The molecule has 0 aliphatic rings. The molecule has 0 saturated heterocycles. The SMILES string of the molecule is COc1cc(OCC=C(C)C)c(O)c(OC)c1C(C)=O. The summed E-state index contributed by atoms with van der Waals surface area (Å²) in [6.45, 7) is 5.58. The van der Waals surface area contributed by atoms with Gasteiger partial charge in [0.1, 0.15) is 17.9 Å². The normalized spacial score (nSPS) is 9.85. The zero-order valence-electron chi connectivity index (χ0n) is 12.4. The van der Waals surface area contributed by atoms with Gasteiger partial charge in [0.2, 0.25) is 5.75 Å². The van der Waals surface area contributed by atoms with E-state index in [0.717, 1.165) is 5.57 Å². The maximum Gasteiger partial charge on any atom is 0.201 e. The molecule has 1 aromatic carbocycles. The summed E-state index contributed by atoms with van der Waals surface area (Å²) in [5.74, 6) is 0.107. The number of carbonyl (C=O) groups is 1. The number of hydrogen-bond acceptors (Lipinski definition) is 5. The van der Waals surface area contributed by atoms with Crippen LogP contribution >= 0.6 is 0 Å². The molecular weight excluding hydrogens is 260 g/mol. The Balaban J connectivity index is 3.27. The second-order valence-electron chi connectivity index (χ2n) is 4.48. The van der Waals surface area contributed by atoms with Gasteiger partial charge in [-0.05, 0) is 26.8 Å². The van der Waals surface area contributed by atoms with E-state index in [1.807, 2.05) is 19.9 Å². The van der Waals surface area contributed by atoms with Gasteiger partial charge in [0.25, 0.3) is 0 Å². The molecule has 5 nitrogen and oxygen atoms in total. The van der Waals surface area contributed by atoms with E-state index in [-0.39, 0.29) is 28.6 Å². The van der Waals surface area contributed by atoms with Crippen LogP contribution in [0.3, 0.4) is 0 Å². The summed E-state index contributed by atoms with van der Waals surface area (Å²) >= 11 is 0. The number of methoxy groups -OCH3 is 2. The second kappa shape index (κ2) is 6.84. The van der Waals surface area contributed by atoms with Gasteiger partial charge >= 0.3 is 0 Å². The molecule has 20 heavy (non-hydrogen) atoms. The molecule has 1 N–H and O–H groups in total. The van der Waals surface area contributed by atoms with Crippen molar-refractivity contribution in [3.63, 3.8) is 0 Å². The average molecular weight is 280 g/mol. The van der Waals surface area contributed by atoms with E-state index in [9.17, 15) is 9.90 Å². The van der Waals surface area contributed by atoms with Gasteiger partial charge in [-0.2, -0.15) is 0 Å². The fourth-order valence-corrected chi connectivity index (χ4v) is 1.70. The third-order valence-corrected chi connectivity index (χ3v) is 2.69. The lowest BCUT2D eigenvalue weighted by Crippen LogP contribution is -2.04. The Hall–Kier alpha value is -2.17. The minimum absolute atomic E-state index is 0.0593. The molecule has 0 aliphatic heterocycles. The summed E-state index contributed by atoms with van der Waals surface area (Å²) in [4.78, 5) is 11.7. The summed E-state index contributed by atoms with van der Waals surface area (Å²) in [6, 6.07) is 1.48. The Morgan fingerprint density at radius 1 is 1.20 bits per heavy atom. The lowest BCUT2D eigenvalue weighted by molar-refractivity contribution is 0.101. The van der Waals surface area contributed by atoms with E-state index < -0.39 is 0 Å². The molecule has 0 bridgehead atoms. The van der Waals surface area contributed by atoms with Gasteiger partial charge in [-0.3, -0.25) is 4.79 Å². The lowest BCUT2D eigenvalue weighted by Gasteiger charge is -2.16. The summed E-state index contributed by atoms with van der Waals surface area (Å²) in [5.41, 5.74) is 1.30. The third-order valence-electron chi connectivity index (χ3n) is 2.69. The standard InChI is InChI=1S/C15H20O5/c1-9(2)6-7-20-12-8-11(18-4)13(10(3)16)15(19-5)14(12)17/h6,8,17H,7H2,1-5H3. The maximum atomic E-state index is 11.7. The number of carbonyl (C=O) groups excluding carboxylic acids is 1. The van der Waals surface area contributed by atoms with Gasteiger partial charge in [-0.1, -0.05) is 5.57 Å². The molecule has 5 heteroatoms. The lowest BCUT2D eigenvalue weighted by atomic mass is 10.1. The first kappa shape index (κ1) is 15.9. The van der Waals surface area contributed by atoms with Gasteiger partial charge in [0.05, 0.1) is 14.2 Å². The molecule has 0 amide bonds. The van der Waals surface area contributed by atoms with Crippen LogP contribution in [0.25, 0.3) is 0 Å². The van der Waals surface area contributed by atoms with Gasteiger partial charge in [-0.15, -0.1) is 0 Å². The zero-order chi connectivity index (χ0) is 15.3. The summed E-state index contributed by atoms with van der Waals surface area (Å²) < 4.78 is 15.7. The Bertz CT molecular complexity index is 528. The van der Waals surface area contributed by atoms with Crippen molar-refractivity contribution < 1.29 is 24.1 Å². The van der Waals surface area contributed by atoms with Gasteiger partial charge in [0.15, 0.2) is 17.3 Å². The molecule has 0 fully saturated rings. The number of ether oxygens (including phenoxy) is 3. The van der Waals surface area contributed by atoms with Crippen molar-refractivity contribution in [1.29, 1.82) is 0 Å². The smallest absolute Gasteiger partial charge is 0.201 e. The number of phenolic OH excluding ortho intramolecular Hbond substituents is 1. The van der Waals surface area contributed by atoms with E-state index >= 15 is 0 Å². The van der Waals surface area contributed by atoms with Crippen molar-refractivity contribution in [3.05, 3.63) is 23.3 Å². The van der Waals surface area contributed by atoms with Crippen LogP contribution in [-0.2, 0) is 0 Å². The third kappa shape index (κ3) is 3.44. The highest BCUT2D eigenvalue weighted by atomic mass is 16.5. The van der Waals surface area contributed by atoms with E-state index in [0.29, 0.717) is 12.4 Å². The van der Waals surface area contributed by atoms with E-state index in [1.54, 1.807) is 0 Å². The van der Waals surface area contributed by atoms with Crippen molar-refractivity contribution in [1.82, 2.24) is 0 Å². The number of rotatable bonds is 6. The van der Waals surface area contributed by atoms with Gasteiger partial charge in [-0.25, -0.2) is 0 Å². The van der Waals surface area contributed by atoms with Crippen LogP contribution in [0.4, 0.5) is 0 Å². The van der Waals surface area contributed by atoms with Crippen LogP contribution in [0.2, 0.25) is 0 Å². The molecule has 110 valence electrons. The Morgan fingerprint density at radius 3 is 2.30 bits per heavy atom. The molecule has 0 saturated carbocycles. The fourth-order valence-electron chi connectivity index (χ4n) is 1.70. The molecule has 0 radical (unpaired) electrons. The number of ketones is 1. The highest BCUT2D eigenvalue weighted by molar-refractivity contribution is 6.01. The molecular formula is C15H20O5. The van der Waals surface area contributed by atoms with E-state index in [4.69, 9.17) is 14.2 Å². The quantitative estimate of drug-likeness (QED) is 0.641. The highest BCUT2D eigenvalue weighted by Crippen LogP contribution is 2.44. The van der Waals surface area contributed by atoms with Crippen LogP contribution in [0.15, 0.2) is 17.7 Å².